The van der Waals surface area contributed by atoms with Gasteiger partial charge in [-0.25, -0.2) is 9.82 Å². The molecule has 4 saturated carbocycles. The second-order valence-electron chi connectivity index (χ2n) is 7.91. The molecule has 0 radical (unpaired) electrons. The van der Waals surface area contributed by atoms with Gasteiger partial charge in [-0.2, -0.15) is 5.10 Å². The van der Waals surface area contributed by atoms with Crippen molar-refractivity contribution in [3.63, 3.8) is 0 Å². The molecule has 0 aromatic heterocycles. The second-order valence-corrected chi connectivity index (χ2v) is 7.91. The lowest BCUT2D eigenvalue weighted by Crippen LogP contribution is -2.47. The third-order valence-corrected chi connectivity index (χ3v) is 6.00. The molecule has 23 heavy (non-hydrogen) atoms. The number of hydrazone groups is 1. The Balaban J connectivity index is 1.36. The first kappa shape index (κ1) is 14.9. The van der Waals surface area contributed by atoms with Crippen molar-refractivity contribution in [2.75, 3.05) is 0 Å². The first-order chi connectivity index (χ1) is 11.1. The van der Waals surface area contributed by atoms with E-state index in [9.17, 15) is 9.18 Å². The highest BCUT2D eigenvalue weighted by atomic mass is 19.1. The van der Waals surface area contributed by atoms with Crippen LogP contribution >= 0.6 is 0 Å². The summed E-state index contributed by atoms with van der Waals surface area (Å²) in [4.78, 5) is 12.3. The predicted molar refractivity (Wildman–Crippen MR) is 87.4 cm³/mol. The summed E-state index contributed by atoms with van der Waals surface area (Å²) in [6.07, 6.45) is 9.74. The van der Waals surface area contributed by atoms with Crippen LogP contribution in [0.15, 0.2) is 29.4 Å². The van der Waals surface area contributed by atoms with E-state index in [0.717, 1.165) is 17.8 Å². The van der Waals surface area contributed by atoms with Gasteiger partial charge in [0, 0.05) is 12.0 Å². The Morgan fingerprint density at radius 3 is 2.39 bits per heavy atom. The predicted octanol–water partition coefficient (Wildman–Crippen LogP) is 3.88. The molecule has 4 fully saturated rings. The van der Waals surface area contributed by atoms with Gasteiger partial charge in [-0.15, -0.1) is 0 Å². The summed E-state index contributed by atoms with van der Waals surface area (Å²) in [5.74, 6) is 2.18. The maximum Gasteiger partial charge on any atom is 0.240 e. The molecule has 1 N–H and O–H groups in total. The molecule has 5 rings (SSSR count). The summed E-state index contributed by atoms with van der Waals surface area (Å²) in [5, 5.41) is 3.94. The van der Waals surface area contributed by atoms with Crippen LogP contribution < -0.4 is 5.43 Å². The van der Waals surface area contributed by atoms with Gasteiger partial charge in [0.15, 0.2) is 0 Å². The van der Waals surface area contributed by atoms with Crippen LogP contribution in [-0.2, 0) is 4.79 Å². The Morgan fingerprint density at radius 2 is 1.78 bits per heavy atom. The fourth-order valence-corrected chi connectivity index (χ4v) is 5.64. The number of benzene rings is 1. The van der Waals surface area contributed by atoms with E-state index in [1.165, 1.54) is 50.8 Å². The molecule has 4 bridgehead atoms. The molecule has 0 saturated heterocycles. The Hall–Kier alpha value is -1.71. The van der Waals surface area contributed by atoms with Crippen molar-refractivity contribution in [3.05, 3.63) is 35.6 Å². The summed E-state index contributed by atoms with van der Waals surface area (Å²) in [5.41, 5.74) is 3.20. The van der Waals surface area contributed by atoms with Crippen LogP contribution in [0.1, 0.15) is 50.5 Å². The van der Waals surface area contributed by atoms with Crippen LogP contribution in [0.3, 0.4) is 0 Å². The normalized spacial score (nSPS) is 34.9. The molecule has 4 aliphatic rings. The molecular formula is C19H23FN2O. The summed E-state index contributed by atoms with van der Waals surface area (Å²) in [7, 11) is 0. The Morgan fingerprint density at radius 1 is 1.17 bits per heavy atom. The molecule has 0 spiro atoms. The van der Waals surface area contributed by atoms with Gasteiger partial charge < -0.3 is 0 Å². The number of nitrogens with zero attached hydrogens (tertiary/aromatic N) is 1. The highest BCUT2D eigenvalue weighted by molar-refractivity contribution is 5.82. The topological polar surface area (TPSA) is 41.5 Å². The summed E-state index contributed by atoms with van der Waals surface area (Å²) in [6, 6.07) is 6.42. The summed E-state index contributed by atoms with van der Waals surface area (Å²) in [6.45, 7) is 0. The van der Waals surface area contributed by atoms with Crippen molar-refractivity contribution in [2.45, 2.75) is 44.9 Å². The Bertz CT molecular complexity index is 605. The van der Waals surface area contributed by atoms with Crippen LogP contribution in [0.2, 0.25) is 0 Å². The number of carbonyl (C=O) groups excluding carboxylic acids is 1. The highest BCUT2D eigenvalue weighted by Gasteiger charge is 2.51. The number of rotatable bonds is 4. The van der Waals surface area contributed by atoms with Crippen molar-refractivity contribution in [1.29, 1.82) is 0 Å². The molecule has 0 aliphatic heterocycles. The Labute approximate surface area is 136 Å². The van der Waals surface area contributed by atoms with Gasteiger partial charge in [-0.1, -0.05) is 18.2 Å². The lowest BCUT2D eigenvalue weighted by atomic mass is 9.49. The van der Waals surface area contributed by atoms with Gasteiger partial charge in [0.2, 0.25) is 5.91 Å². The number of nitrogens with one attached hydrogen (secondary N) is 1. The molecule has 122 valence electrons. The maximum absolute atomic E-state index is 13.5. The van der Waals surface area contributed by atoms with Crippen molar-refractivity contribution in [3.8, 4) is 0 Å². The fourth-order valence-electron chi connectivity index (χ4n) is 5.64. The quantitative estimate of drug-likeness (QED) is 0.665. The molecule has 0 unspecified atom stereocenters. The summed E-state index contributed by atoms with van der Waals surface area (Å²) < 4.78 is 13.5. The van der Waals surface area contributed by atoms with E-state index in [1.807, 2.05) is 0 Å². The van der Waals surface area contributed by atoms with Crippen LogP contribution in [0.4, 0.5) is 4.39 Å². The summed E-state index contributed by atoms with van der Waals surface area (Å²) >= 11 is 0. The van der Waals surface area contributed by atoms with Gasteiger partial charge in [0.25, 0.3) is 0 Å². The largest absolute Gasteiger partial charge is 0.273 e. The van der Waals surface area contributed by atoms with Crippen LogP contribution in [0.25, 0.3) is 0 Å². The lowest BCUT2D eigenvalue weighted by molar-refractivity contribution is -0.129. The molecule has 4 aliphatic carbocycles. The number of halogens is 1. The van der Waals surface area contributed by atoms with Gasteiger partial charge in [-0.05, 0) is 67.8 Å². The lowest BCUT2D eigenvalue weighted by Gasteiger charge is -2.56. The van der Waals surface area contributed by atoms with E-state index in [2.05, 4.69) is 10.5 Å². The van der Waals surface area contributed by atoms with Crippen molar-refractivity contribution in [2.24, 2.45) is 28.3 Å². The van der Waals surface area contributed by atoms with Crippen molar-refractivity contribution < 1.29 is 9.18 Å². The number of hydrogen-bond donors (Lipinski definition) is 1. The molecule has 1 aromatic carbocycles. The zero-order chi connectivity index (χ0) is 15.9. The third kappa shape index (κ3) is 3.04. The van der Waals surface area contributed by atoms with Crippen LogP contribution in [0, 0.1) is 29.0 Å². The maximum atomic E-state index is 13.5. The minimum atomic E-state index is -0.327. The standard InChI is InChI=1S/C19H23FN2O/c20-17-4-2-1-3-16(17)12-21-22-18(23)11-19-8-13-5-14(9-19)7-15(6-13)10-19/h1-4,12-15H,5-11H2,(H,22,23)/b21-12-. The van der Waals surface area contributed by atoms with Gasteiger partial charge in [-0.3, -0.25) is 4.79 Å². The average Bonchev–Trinajstić information content (AvgIpc) is 2.47. The molecular weight excluding hydrogens is 291 g/mol. The van der Waals surface area contributed by atoms with E-state index in [0.29, 0.717) is 12.0 Å². The third-order valence-electron chi connectivity index (χ3n) is 6.00. The van der Waals surface area contributed by atoms with Gasteiger partial charge >= 0.3 is 0 Å². The zero-order valence-corrected chi connectivity index (χ0v) is 13.3. The van der Waals surface area contributed by atoms with Crippen molar-refractivity contribution >= 4 is 12.1 Å². The number of carbonyl (C=O) groups is 1. The minimum Gasteiger partial charge on any atom is -0.273 e. The van der Waals surface area contributed by atoms with E-state index < -0.39 is 0 Å². The van der Waals surface area contributed by atoms with Crippen LogP contribution in [0.5, 0.6) is 0 Å². The molecule has 1 amide bonds. The molecule has 0 heterocycles. The van der Waals surface area contributed by atoms with Gasteiger partial charge in [0.05, 0.1) is 6.21 Å². The molecule has 0 atom stereocenters. The van der Waals surface area contributed by atoms with Gasteiger partial charge in [0.1, 0.15) is 5.82 Å². The molecule has 4 heteroatoms. The first-order valence-corrected chi connectivity index (χ1v) is 8.68. The second kappa shape index (κ2) is 5.73. The minimum absolute atomic E-state index is 0.0282. The number of hydrogen-bond acceptors (Lipinski definition) is 2. The molecule has 3 nitrogen and oxygen atoms in total. The van der Waals surface area contributed by atoms with E-state index >= 15 is 0 Å². The first-order valence-electron chi connectivity index (χ1n) is 8.68. The number of amides is 1. The van der Waals surface area contributed by atoms with E-state index in [1.54, 1.807) is 18.2 Å². The highest BCUT2D eigenvalue weighted by Crippen LogP contribution is 2.61. The SMILES string of the molecule is O=C(CC12CC3CC(CC(C3)C1)C2)N/N=C\c1ccccc1F. The smallest absolute Gasteiger partial charge is 0.240 e. The van der Waals surface area contributed by atoms with E-state index in [4.69, 9.17) is 0 Å². The van der Waals surface area contributed by atoms with Crippen LogP contribution in [-0.4, -0.2) is 12.1 Å². The zero-order valence-electron chi connectivity index (χ0n) is 13.3. The average molecular weight is 314 g/mol. The molecule has 1 aromatic rings. The van der Waals surface area contributed by atoms with Crippen molar-refractivity contribution in [1.82, 2.24) is 5.43 Å². The monoisotopic (exact) mass is 314 g/mol. The fraction of sp³-hybridized carbons (Fsp3) is 0.579. The van der Waals surface area contributed by atoms with E-state index in [-0.39, 0.29) is 17.1 Å². The Kier molecular flexibility index (Phi) is 3.70.